The Hall–Kier alpha value is -1.03. The van der Waals surface area contributed by atoms with Crippen molar-refractivity contribution in [1.29, 1.82) is 0 Å². The van der Waals surface area contributed by atoms with Crippen LogP contribution in [0.25, 0.3) is 11.0 Å². The van der Waals surface area contributed by atoms with Gasteiger partial charge >= 0.3 is 0 Å². The number of hydrogen-bond acceptors (Lipinski definition) is 3. The van der Waals surface area contributed by atoms with Gasteiger partial charge in [-0.25, -0.2) is 0 Å². The summed E-state index contributed by atoms with van der Waals surface area (Å²) in [6, 6.07) is 10.9. The zero-order chi connectivity index (χ0) is 12.4. The molecule has 0 spiro atoms. The predicted molar refractivity (Wildman–Crippen MR) is 80.6 cm³/mol. The van der Waals surface area contributed by atoms with E-state index in [-0.39, 0.29) is 12.4 Å². The molecule has 0 saturated carbocycles. The van der Waals surface area contributed by atoms with E-state index in [2.05, 4.69) is 17.0 Å². The zero-order valence-corrected chi connectivity index (χ0v) is 11.9. The molecule has 3 nitrogen and oxygen atoms in total. The first-order valence-electron chi connectivity index (χ1n) is 6.78. The molecule has 1 fully saturated rings. The number of rotatable bonds is 3. The van der Waals surface area contributed by atoms with Gasteiger partial charge in [-0.1, -0.05) is 24.6 Å². The maximum Gasteiger partial charge on any atom is 0.134 e. The first-order chi connectivity index (χ1) is 8.86. The monoisotopic (exact) mass is 280 g/mol. The van der Waals surface area contributed by atoms with Gasteiger partial charge in [0.05, 0.1) is 6.54 Å². The van der Waals surface area contributed by atoms with Crippen molar-refractivity contribution in [3.63, 3.8) is 0 Å². The van der Waals surface area contributed by atoms with Gasteiger partial charge in [0.1, 0.15) is 11.3 Å². The lowest BCUT2D eigenvalue weighted by atomic mass is 10.0. The molecule has 0 radical (unpaired) electrons. The van der Waals surface area contributed by atoms with Crippen molar-refractivity contribution in [3.05, 3.63) is 36.1 Å². The van der Waals surface area contributed by atoms with Crippen LogP contribution in [-0.4, -0.2) is 24.0 Å². The Kier molecular flexibility index (Phi) is 4.86. The average Bonchev–Trinajstić information content (AvgIpc) is 2.81. The number of hydrogen-bond donors (Lipinski definition) is 1. The highest BCUT2D eigenvalue weighted by atomic mass is 35.5. The van der Waals surface area contributed by atoms with E-state index in [1.54, 1.807) is 0 Å². The van der Waals surface area contributed by atoms with E-state index >= 15 is 0 Å². The van der Waals surface area contributed by atoms with Gasteiger partial charge in [-0.05, 0) is 31.5 Å². The number of furan rings is 1. The molecule has 2 heterocycles. The van der Waals surface area contributed by atoms with E-state index in [0.29, 0.717) is 6.04 Å². The van der Waals surface area contributed by atoms with Gasteiger partial charge in [-0.15, -0.1) is 12.4 Å². The molecular weight excluding hydrogens is 260 g/mol. The van der Waals surface area contributed by atoms with Gasteiger partial charge in [0.15, 0.2) is 0 Å². The average molecular weight is 281 g/mol. The highest BCUT2D eigenvalue weighted by molar-refractivity contribution is 5.85. The van der Waals surface area contributed by atoms with E-state index in [9.17, 15) is 0 Å². The lowest BCUT2D eigenvalue weighted by Gasteiger charge is -2.34. The smallest absolute Gasteiger partial charge is 0.134 e. The fourth-order valence-corrected chi connectivity index (χ4v) is 2.85. The van der Waals surface area contributed by atoms with Crippen molar-refractivity contribution in [3.8, 4) is 0 Å². The van der Waals surface area contributed by atoms with Crippen LogP contribution in [-0.2, 0) is 6.54 Å². The minimum absolute atomic E-state index is 0. The molecule has 1 aromatic carbocycles. The van der Waals surface area contributed by atoms with Gasteiger partial charge in [-0.2, -0.15) is 0 Å². The summed E-state index contributed by atoms with van der Waals surface area (Å²) in [4.78, 5) is 2.46. The van der Waals surface area contributed by atoms with Gasteiger partial charge < -0.3 is 10.2 Å². The number of para-hydroxylation sites is 1. The minimum Gasteiger partial charge on any atom is -0.460 e. The van der Waals surface area contributed by atoms with Gasteiger partial charge in [-0.3, -0.25) is 4.90 Å². The van der Waals surface area contributed by atoms with Crippen LogP contribution < -0.4 is 5.73 Å². The predicted octanol–water partition coefficient (Wildman–Crippen LogP) is 3.17. The Morgan fingerprint density at radius 2 is 2.11 bits per heavy atom. The van der Waals surface area contributed by atoms with Crippen molar-refractivity contribution >= 4 is 23.4 Å². The van der Waals surface area contributed by atoms with Crippen LogP contribution in [0.4, 0.5) is 0 Å². The Balaban J connectivity index is 0.00000133. The normalized spacial score (nSPS) is 20.4. The quantitative estimate of drug-likeness (QED) is 0.939. The lowest BCUT2D eigenvalue weighted by molar-refractivity contribution is 0.135. The number of piperidine rings is 1. The van der Waals surface area contributed by atoms with Crippen LogP contribution in [0, 0.1) is 0 Å². The van der Waals surface area contributed by atoms with Gasteiger partial charge in [0.25, 0.3) is 0 Å². The molecule has 1 unspecified atom stereocenters. The van der Waals surface area contributed by atoms with Crippen molar-refractivity contribution in [1.82, 2.24) is 4.90 Å². The van der Waals surface area contributed by atoms with E-state index in [1.165, 1.54) is 24.6 Å². The van der Waals surface area contributed by atoms with Crippen molar-refractivity contribution in [2.75, 3.05) is 13.1 Å². The van der Waals surface area contributed by atoms with E-state index in [4.69, 9.17) is 10.2 Å². The molecule has 1 aliphatic rings. The van der Waals surface area contributed by atoms with Crippen molar-refractivity contribution in [2.45, 2.75) is 31.8 Å². The van der Waals surface area contributed by atoms with Crippen molar-refractivity contribution in [2.24, 2.45) is 5.73 Å². The SMILES string of the molecule is Cl.NCC1CCCCN1Cc1cc2ccccc2o1. The second-order valence-corrected chi connectivity index (χ2v) is 5.11. The lowest BCUT2D eigenvalue weighted by Crippen LogP contribution is -2.43. The summed E-state index contributed by atoms with van der Waals surface area (Å²) in [7, 11) is 0. The largest absolute Gasteiger partial charge is 0.460 e. The van der Waals surface area contributed by atoms with Crippen LogP contribution in [0.1, 0.15) is 25.0 Å². The third-order valence-corrected chi connectivity index (χ3v) is 3.86. The van der Waals surface area contributed by atoms with Crippen LogP contribution in [0.2, 0.25) is 0 Å². The Morgan fingerprint density at radius 1 is 1.26 bits per heavy atom. The zero-order valence-electron chi connectivity index (χ0n) is 11.0. The molecule has 0 bridgehead atoms. The molecule has 1 atom stereocenters. The summed E-state index contributed by atoms with van der Waals surface area (Å²) in [6.45, 7) is 2.77. The Labute approximate surface area is 120 Å². The van der Waals surface area contributed by atoms with E-state index < -0.39 is 0 Å². The summed E-state index contributed by atoms with van der Waals surface area (Å²) < 4.78 is 5.88. The fourth-order valence-electron chi connectivity index (χ4n) is 2.85. The molecule has 1 saturated heterocycles. The van der Waals surface area contributed by atoms with Gasteiger partial charge in [0, 0.05) is 18.0 Å². The minimum atomic E-state index is 0. The summed E-state index contributed by atoms with van der Waals surface area (Å²) in [5.74, 6) is 1.05. The standard InChI is InChI=1S/C15H20N2O.ClH/c16-10-13-6-3-4-8-17(13)11-14-9-12-5-1-2-7-15(12)18-14;/h1-2,5,7,9,13H,3-4,6,8,10-11,16H2;1H. The second-order valence-electron chi connectivity index (χ2n) is 5.11. The number of fused-ring (bicyclic) bond motifs is 1. The number of nitrogens with two attached hydrogens (primary N) is 1. The first-order valence-corrected chi connectivity index (χ1v) is 6.78. The van der Waals surface area contributed by atoms with Crippen molar-refractivity contribution < 1.29 is 4.42 Å². The molecule has 1 aromatic heterocycles. The summed E-state index contributed by atoms with van der Waals surface area (Å²) in [5, 5.41) is 1.19. The van der Waals surface area contributed by atoms with Crippen LogP contribution in [0.5, 0.6) is 0 Å². The topological polar surface area (TPSA) is 42.4 Å². The molecule has 1 aliphatic heterocycles. The molecule has 4 heteroatoms. The number of nitrogens with zero attached hydrogens (tertiary/aromatic N) is 1. The third kappa shape index (κ3) is 3.11. The molecule has 2 N–H and O–H groups in total. The van der Waals surface area contributed by atoms with E-state index in [1.807, 2.05) is 18.2 Å². The van der Waals surface area contributed by atoms with Crippen LogP contribution in [0.3, 0.4) is 0 Å². The number of benzene rings is 1. The Bertz CT molecular complexity index is 493. The molecule has 0 amide bonds. The summed E-state index contributed by atoms with van der Waals surface area (Å²) >= 11 is 0. The van der Waals surface area contributed by atoms with Crippen LogP contribution in [0.15, 0.2) is 34.7 Å². The molecular formula is C15H21ClN2O. The van der Waals surface area contributed by atoms with Gasteiger partial charge in [0.2, 0.25) is 0 Å². The molecule has 19 heavy (non-hydrogen) atoms. The van der Waals surface area contributed by atoms with E-state index in [0.717, 1.165) is 31.0 Å². The maximum absolute atomic E-state index is 5.88. The summed E-state index contributed by atoms with van der Waals surface area (Å²) in [5.41, 5.74) is 6.83. The maximum atomic E-state index is 5.88. The summed E-state index contributed by atoms with van der Waals surface area (Å²) in [6.07, 6.45) is 3.80. The molecule has 0 aliphatic carbocycles. The first kappa shape index (κ1) is 14.4. The van der Waals surface area contributed by atoms with Crippen LogP contribution >= 0.6 is 12.4 Å². The molecule has 104 valence electrons. The molecule has 2 aromatic rings. The third-order valence-electron chi connectivity index (χ3n) is 3.86. The highest BCUT2D eigenvalue weighted by Crippen LogP contribution is 2.23. The fraction of sp³-hybridized carbons (Fsp3) is 0.467. The highest BCUT2D eigenvalue weighted by Gasteiger charge is 2.22. The molecule has 3 rings (SSSR count). The Morgan fingerprint density at radius 3 is 2.89 bits per heavy atom. The number of likely N-dealkylation sites (tertiary alicyclic amines) is 1. The second kappa shape index (κ2) is 6.42. The number of halogens is 1.